The lowest BCUT2D eigenvalue weighted by atomic mass is 9.91. The van der Waals surface area contributed by atoms with Crippen molar-refractivity contribution in [2.45, 2.75) is 40.2 Å². The molecule has 1 fully saturated rings. The number of carbonyl (C=O) groups excluding carboxylic acids is 1. The molecular weight excluding hydrogens is 248 g/mol. The van der Waals surface area contributed by atoms with Crippen LogP contribution in [0.25, 0.3) is 0 Å². The number of rotatable bonds is 3. The third-order valence-electron chi connectivity index (χ3n) is 4.11. The van der Waals surface area contributed by atoms with Crippen molar-refractivity contribution in [2.24, 2.45) is 11.8 Å². The van der Waals surface area contributed by atoms with E-state index < -0.39 is 0 Å². The maximum Gasteiger partial charge on any atom is 0.241 e. The molecule has 110 valence electrons. The van der Waals surface area contributed by atoms with E-state index in [1.165, 1.54) is 6.42 Å². The van der Waals surface area contributed by atoms with Crippen molar-refractivity contribution in [3.63, 3.8) is 0 Å². The monoisotopic (exact) mass is 274 g/mol. The maximum absolute atomic E-state index is 12.4. The summed E-state index contributed by atoms with van der Waals surface area (Å²) in [4.78, 5) is 14.7. The van der Waals surface area contributed by atoms with Gasteiger partial charge in [0.15, 0.2) is 0 Å². The minimum absolute atomic E-state index is 0.0688. The van der Waals surface area contributed by atoms with Crippen LogP contribution in [0.2, 0.25) is 0 Å². The summed E-state index contributed by atoms with van der Waals surface area (Å²) in [5, 5.41) is 3.03. The Labute approximate surface area is 122 Å². The lowest BCUT2D eigenvalue weighted by molar-refractivity contribution is -0.121. The van der Waals surface area contributed by atoms with Crippen molar-refractivity contribution in [2.75, 3.05) is 18.4 Å². The van der Waals surface area contributed by atoms with Gasteiger partial charge in [0, 0.05) is 18.8 Å². The van der Waals surface area contributed by atoms with Crippen LogP contribution < -0.4 is 5.32 Å². The van der Waals surface area contributed by atoms with Gasteiger partial charge in [-0.25, -0.2) is 0 Å². The van der Waals surface area contributed by atoms with E-state index >= 15 is 0 Å². The van der Waals surface area contributed by atoms with Crippen molar-refractivity contribution in [3.8, 4) is 0 Å². The van der Waals surface area contributed by atoms with Gasteiger partial charge in [0.2, 0.25) is 5.91 Å². The van der Waals surface area contributed by atoms with Crippen molar-refractivity contribution >= 4 is 11.6 Å². The van der Waals surface area contributed by atoms with Crippen LogP contribution >= 0.6 is 0 Å². The minimum Gasteiger partial charge on any atom is -0.325 e. The number of nitrogens with one attached hydrogen (secondary N) is 1. The Morgan fingerprint density at radius 1 is 1.30 bits per heavy atom. The van der Waals surface area contributed by atoms with Crippen molar-refractivity contribution in [3.05, 3.63) is 29.8 Å². The first-order valence-corrected chi connectivity index (χ1v) is 7.57. The number of aryl methyl sites for hydroxylation is 1. The van der Waals surface area contributed by atoms with Crippen molar-refractivity contribution in [1.82, 2.24) is 4.90 Å². The molecule has 1 aromatic rings. The van der Waals surface area contributed by atoms with Gasteiger partial charge in [-0.15, -0.1) is 0 Å². The Hall–Kier alpha value is -1.35. The van der Waals surface area contributed by atoms with Crippen molar-refractivity contribution in [1.29, 1.82) is 0 Å². The van der Waals surface area contributed by atoms with Gasteiger partial charge < -0.3 is 5.32 Å². The van der Waals surface area contributed by atoms with E-state index in [0.717, 1.165) is 24.3 Å². The SMILES string of the molecule is Cc1cccc(NC(=O)C(C)N2CC(C)CC(C)C2)c1. The summed E-state index contributed by atoms with van der Waals surface area (Å²) in [6.07, 6.45) is 1.27. The quantitative estimate of drug-likeness (QED) is 0.917. The minimum atomic E-state index is -0.0688. The third kappa shape index (κ3) is 3.83. The molecule has 1 aliphatic rings. The number of carbonyl (C=O) groups is 1. The molecule has 0 aromatic heterocycles. The first kappa shape index (κ1) is 15.0. The Kier molecular flexibility index (Phi) is 4.81. The highest BCUT2D eigenvalue weighted by molar-refractivity contribution is 5.94. The van der Waals surface area contributed by atoms with E-state index in [-0.39, 0.29) is 11.9 Å². The average Bonchev–Trinajstić information content (AvgIpc) is 2.36. The second-order valence-electron chi connectivity index (χ2n) is 6.43. The van der Waals surface area contributed by atoms with Crippen LogP contribution in [-0.4, -0.2) is 29.9 Å². The largest absolute Gasteiger partial charge is 0.325 e. The highest BCUT2D eigenvalue weighted by atomic mass is 16.2. The van der Waals surface area contributed by atoms with Crippen LogP contribution in [0.15, 0.2) is 24.3 Å². The van der Waals surface area contributed by atoms with Crippen LogP contribution in [0.4, 0.5) is 5.69 Å². The molecule has 1 aliphatic heterocycles. The van der Waals surface area contributed by atoms with Crippen LogP contribution in [0, 0.1) is 18.8 Å². The van der Waals surface area contributed by atoms with Crippen molar-refractivity contribution < 1.29 is 4.79 Å². The molecule has 1 aromatic carbocycles. The molecule has 0 radical (unpaired) electrons. The van der Waals surface area contributed by atoms with Gasteiger partial charge in [0.1, 0.15) is 0 Å². The molecule has 3 unspecified atom stereocenters. The van der Waals surface area contributed by atoms with Gasteiger partial charge in [-0.3, -0.25) is 9.69 Å². The Morgan fingerprint density at radius 3 is 2.55 bits per heavy atom. The number of hydrogen-bond donors (Lipinski definition) is 1. The molecule has 0 spiro atoms. The van der Waals surface area contributed by atoms with E-state index in [1.807, 2.05) is 38.1 Å². The van der Waals surface area contributed by atoms with E-state index in [9.17, 15) is 4.79 Å². The first-order chi connectivity index (χ1) is 9.45. The number of benzene rings is 1. The summed E-state index contributed by atoms with van der Waals surface area (Å²) < 4.78 is 0. The predicted octanol–water partition coefficient (Wildman–Crippen LogP) is 3.30. The third-order valence-corrected chi connectivity index (χ3v) is 4.11. The topological polar surface area (TPSA) is 32.3 Å². The predicted molar refractivity (Wildman–Crippen MR) is 83.8 cm³/mol. The summed E-state index contributed by atoms with van der Waals surface area (Å²) in [6.45, 7) is 10.6. The number of anilines is 1. The van der Waals surface area contributed by atoms with Crippen LogP contribution in [0.5, 0.6) is 0 Å². The van der Waals surface area contributed by atoms with Gasteiger partial charge in [0.05, 0.1) is 6.04 Å². The zero-order valence-corrected chi connectivity index (χ0v) is 13.0. The molecule has 0 aliphatic carbocycles. The van der Waals surface area contributed by atoms with E-state index in [2.05, 4.69) is 24.1 Å². The van der Waals surface area contributed by atoms with Crippen LogP contribution in [0.1, 0.15) is 32.8 Å². The lowest BCUT2D eigenvalue weighted by Crippen LogP contribution is -2.48. The number of piperidine rings is 1. The molecule has 1 N–H and O–H groups in total. The smallest absolute Gasteiger partial charge is 0.241 e. The lowest BCUT2D eigenvalue weighted by Gasteiger charge is -2.38. The number of likely N-dealkylation sites (tertiary alicyclic amines) is 1. The molecule has 2 rings (SSSR count). The molecule has 3 atom stereocenters. The summed E-state index contributed by atoms with van der Waals surface area (Å²) in [5.41, 5.74) is 2.05. The molecule has 1 amide bonds. The standard InChI is InChI=1S/C17H26N2O/c1-12-6-5-7-16(9-12)18-17(20)15(4)19-10-13(2)8-14(3)11-19/h5-7,9,13-15H,8,10-11H2,1-4H3,(H,18,20). The number of hydrogen-bond acceptors (Lipinski definition) is 2. The van der Waals surface area contributed by atoms with Gasteiger partial charge in [-0.2, -0.15) is 0 Å². The maximum atomic E-state index is 12.4. The first-order valence-electron chi connectivity index (χ1n) is 7.57. The van der Waals surface area contributed by atoms with Gasteiger partial charge >= 0.3 is 0 Å². The van der Waals surface area contributed by atoms with Crippen LogP contribution in [-0.2, 0) is 4.79 Å². The molecule has 3 nitrogen and oxygen atoms in total. The number of amides is 1. The fourth-order valence-electron chi connectivity index (χ4n) is 3.16. The summed E-state index contributed by atoms with van der Waals surface area (Å²) >= 11 is 0. The summed E-state index contributed by atoms with van der Waals surface area (Å²) in [7, 11) is 0. The Morgan fingerprint density at radius 2 is 1.95 bits per heavy atom. The van der Waals surface area contributed by atoms with Crippen LogP contribution in [0.3, 0.4) is 0 Å². The molecule has 0 saturated carbocycles. The van der Waals surface area contributed by atoms with Gasteiger partial charge in [-0.05, 0) is 49.8 Å². The molecule has 0 bridgehead atoms. The zero-order valence-electron chi connectivity index (χ0n) is 13.0. The molecule has 1 saturated heterocycles. The highest BCUT2D eigenvalue weighted by Crippen LogP contribution is 2.23. The fourth-order valence-corrected chi connectivity index (χ4v) is 3.16. The summed E-state index contributed by atoms with van der Waals surface area (Å²) in [5.74, 6) is 1.44. The Balaban J connectivity index is 1.98. The molecule has 3 heteroatoms. The average molecular weight is 274 g/mol. The highest BCUT2D eigenvalue weighted by Gasteiger charge is 2.28. The zero-order chi connectivity index (χ0) is 14.7. The Bertz CT molecular complexity index is 462. The van der Waals surface area contributed by atoms with Gasteiger partial charge in [-0.1, -0.05) is 26.0 Å². The second-order valence-corrected chi connectivity index (χ2v) is 6.43. The van der Waals surface area contributed by atoms with E-state index in [4.69, 9.17) is 0 Å². The van der Waals surface area contributed by atoms with E-state index in [0.29, 0.717) is 11.8 Å². The van der Waals surface area contributed by atoms with E-state index in [1.54, 1.807) is 0 Å². The molecular formula is C17H26N2O. The molecule has 1 heterocycles. The second kappa shape index (κ2) is 6.40. The summed E-state index contributed by atoms with van der Waals surface area (Å²) in [6, 6.07) is 7.89. The normalized spacial score (nSPS) is 25.2. The number of nitrogens with zero attached hydrogens (tertiary/aromatic N) is 1. The van der Waals surface area contributed by atoms with Gasteiger partial charge in [0.25, 0.3) is 0 Å². The molecule has 20 heavy (non-hydrogen) atoms. The fraction of sp³-hybridized carbons (Fsp3) is 0.588.